The molecule has 0 spiro atoms. The van der Waals surface area contributed by atoms with Crippen LogP contribution in [-0.2, 0) is 16.1 Å². The molecule has 0 aromatic heterocycles. The number of amides is 1. The van der Waals surface area contributed by atoms with E-state index in [0.29, 0.717) is 18.4 Å². The number of carbonyl (C=O) groups excluding carboxylic acids is 1. The molecular formula is C18H29IN4O3. The van der Waals surface area contributed by atoms with E-state index in [9.17, 15) is 4.79 Å². The lowest BCUT2D eigenvalue weighted by molar-refractivity contribution is -0.120. The van der Waals surface area contributed by atoms with Crippen LogP contribution in [0.1, 0.15) is 12.0 Å². The second-order valence-corrected chi connectivity index (χ2v) is 6.14. The van der Waals surface area contributed by atoms with Gasteiger partial charge in [-0.2, -0.15) is 0 Å². The molecule has 1 fully saturated rings. The molecule has 0 bridgehead atoms. The highest BCUT2D eigenvalue weighted by atomic mass is 127. The minimum atomic E-state index is -0.0745. The number of nitrogens with one attached hydrogen (secondary N) is 2. The molecule has 7 nitrogen and oxygen atoms in total. The smallest absolute Gasteiger partial charge is 0.239 e. The zero-order chi connectivity index (χ0) is 18.1. The molecule has 1 amide bonds. The van der Waals surface area contributed by atoms with Crippen LogP contribution >= 0.6 is 24.0 Å². The van der Waals surface area contributed by atoms with E-state index in [1.807, 2.05) is 36.2 Å². The Morgan fingerprint density at radius 2 is 2.08 bits per heavy atom. The zero-order valence-electron chi connectivity index (χ0n) is 15.7. The zero-order valence-corrected chi connectivity index (χ0v) is 18.0. The van der Waals surface area contributed by atoms with Crippen molar-refractivity contribution in [3.8, 4) is 5.75 Å². The number of rotatable bonds is 7. The van der Waals surface area contributed by atoms with Gasteiger partial charge < -0.3 is 25.0 Å². The fourth-order valence-corrected chi connectivity index (χ4v) is 2.75. The molecule has 1 heterocycles. The third kappa shape index (κ3) is 7.36. The number of hydrogen-bond acceptors (Lipinski definition) is 4. The Morgan fingerprint density at radius 3 is 2.65 bits per heavy atom. The van der Waals surface area contributed by atoms with Crippen LogP contribution in [0.2, 0.25) is 0 Å². The molecule has 1 aliphatic rings. The van der Waals surface area contributed by atoms with E-state index in [1.54, 1.807) is 14.2 Å². The van der Waals surface area contributed by atoms with Gasteiger partial charge >= 0.3 is 0 Å². The molecule has 0 saturated carbocycles. The Kier molecular flexibility index (Phi) is 10.3. The van der Waals surface area contributed by atoms with Crippen LogP contribution in [0.3, 0.4) is 0 Å². The fourth-order valence-electron chi connectivity index (χ4n) is 2.75. The van der Waals surface area contributed by atoms with Crippen LogP contribution in [0.4, 0.5) is 0 Å². The van der Waals surface area contributed by atoms with Gasteiger partial charge in [-0.1, -0.05) is 12.1 Å². The molecule has 1 unspecified atom stereocenters. The number of halogens is 1. The second kappa shape index (κ2) is 11.9. The van der Waals surface area contributed by atoms with Crippen molar-refractivity contribution in [1.82, 2.24) is 15.5 Å². The SMILES string of the molecule is CN=C(NCC(=O)NCc1ccc(OC)cc1)N(C)CC1CCOC1.I. The molecule has 0 radical (unpaired) electrons. The molecule has 2 N–H and O–H groups in total. The monoisotopic (exact) mass is 476 g/mol. The number of nitrogens with zero attached hydrogens (tertiary/aromatic N) is 2. The van der Waals surface area contributed by atoms with Gasteiger partial charge in [-0.15, -0.1) is 24.0 Å². The Balaban J connectivity index is 0.00000338. The Hall–Kier alpha value is -1.55. The molecule has 26 heavy (non-hydrogen) atoms. The van der Waals surface area contributed by atoms with Gasteiger partial charge in [0.2, 0.25) is 5.91 Å². The van der Waals surface area contributed by atoms with Crippen LogP contribution in [0.25, 0.3) is 0 Å². The Labute approximate surface area is 172 Å². The normalized spacial score (nSPS) is 16.6. The second-order valence-electron chi connectivity index (χ2n) is 6.14. The van der Waals surface area contributed by atoms with E-state index < -0.39 is 0 Å². The largest absolute Gasteiger partial charge is 0.497 e. The first-order valence-electron chi connectivity index (χ1n) is 8.51. The molecule has 1 atom stereocenters. The van der Waals surface area contributed by atoms with E-state index in [1.165, 1.54) is 0 Å². The summed E-state index contributed by atoms with van der Waals surface area (Å²) < 4.78 is 10.5. The van der Waals surface area contributed by atoms with Gasteiger partial charge in [0.05, 0.1) is 20.3 Å². The third-order valence-electron chi connectivity index (χ3n) is 4.19. The molecule has 1 aromatic carbocycles. The van der Waals surface area contributed by atoms with Crippen molar-refractivity contribution in [2.24, 2.45) is 10.9 Å². The Bertz CT molecular complexity index is 574. The number of guanidine groups is 1. The van der Waals surface area contributed by atoms with Gasteiger partial charge in [-0.3, -0.25) is 9.79 Å². The number of methoxy groups -OCH3 is 1. The summed E-state index contributed by atoms with van der Waals surface area (Å²) in [6.07, 6.45) is 1.07. The lowest BCUT2D eigenvalue weighted by Gasteiger charge is -2.24. The van der Waals surface area contributed by atoms with Crippen molar-refractivity contribution in [1.29, 1.82) is 0 Å². The lowest BCUT2D eigenvalue weighted by atomic mass is 10.1. The molecule has 8 heteroatoms. The number of hydrogen-bond donors (Lipinski definition) is 2. The molecule has 1 aromatic rings. The number of aliphatic imine (C=N–C) groups is 1. The van der Waals surface area contributed by atoms with E-state index in [0.717, 1.165) is 37.5 Å². The van der Waals surface area contributed by atoms with Crippen LogP contribution in [0.5, 0.6) is 5.75 Å². The van der Waals surface area contributed by atoms with Crippen molar-refractivity contribution in [3.05, 3.63) is 29.8 Å². The Morgan fingerprint density at radius 1 is 1.35 bits per heavy atom. The summed E-state index contributed by atoms with van der Waals surface area (Å²) >= 11 is 0. The van der Waals surface area contributed by atoms with Gasteiger partial charge in [-0.25, -0.2) is 0 Å². The predicted molar refractivity (Wildman–Crippen MR) is 113 cm³/mol. The van der Waals surface area contributed by atoms with Gasteiger partial charge in [0, 0.05) is 39.7 Å². The van der Waals surface area contributed by atoms with Crippen molar-refractivity contribution in [2.75, 3.05) is 47.5 Å². The summed E-state index contributed by atoms with van der Waals surface area (Å²) in [5.41, 5.74) is 1.02. The third-order valence-corrected chi connectivity index (χ3v) is 4.19. The maximum atomic E-state index is 12.0. The fraction of sp³-hybridized carbons (Fsp3) is 0.556. The highest BCUT2D eigenvalue weighted by molar-refractivity contribution is 14.0. The molecule has 1 saturated heterocycles. The number of carbonyl (C=O) groups is 1. The molecule has 2 rings (SSSR count). The van der Waals surface area contributed by atoms with Crippen molar-refractivity contribution < 1.29 is 14.3 Å². The molecular weight excluding hydrogens is 447 g/mol. The topological polar surface area (TPSA) is 75.2 Å². The van der Waals surface area contributed by atoms with Crippen LogP contribution in [0.15, 0.2) is 29.3 Å². The van der Waals surface area contributed by atoms with Gasteiger partial charge in [0.25, 0.3) is 0 Å². The first kappa shape index (κ1) is 22.5. The average molecular weight is 476 g/mol. The van der Waals surface area contributed by atoms with E-state index in [4.69, 9.17) is 9.47 Å². The highest BCUT2D eigenvalue weighted by Gasteiger charge is 2.19. The predicted octanol–water partition coefficient (Wildman–Crippen LogP) is 1.47. The summed E-state index contributed by atoms with van der Waals surface area (Å²) in [4.78, 5) is 18.3. The summed E-state index contributed by atoms with van der Waals surface area (Å²) in [5.74, 6) is 1.96. The standard InChI is InChI=1S/C18H28N4O3.HI/c1-19-18(22(2)12-15-8-9-25-13-15)21-11-17(23)20-10-14-4-6-16(24-3)7-5-14;/h4-7,15H,8-13H2,1-3H3,(H,19,21)(H,20,23);1H. The van der Waals surface area contributed by atoms with E-state index in [2.05, 4.69) is 15.6 Å². The van der Waals surface area contributed by atoms with Gasteiger partial charge in [0.15, 0.2) is 5.96 Å². The summed E-state index contributed by atoms with van der Waals surface area (Å²) in [6.45, 7) is 3.17. The maximum absolute atomic E-state index is 12.0. The van der Waals surface area contributed by atoms with E-state index in [-0.39, 0.29) is 36.4 Å². The first-order chi connectivity index (χ1) is 12.1. The van der Waals surface area contributed by atoms with Crippen molar-refractivity contribution in [2.45, 2.75) is 13.0 Å². The van der Waals surface area contributed by atoms with Gasteiger partial charge in [-0.05, 0) is 24.1 Å². The molecule has 146 valence electrons. The lowest BCUT2D eigenvalue weighted by Crippen LogP contribution is -2.45. The summed E-state index contributed by atoms with van der Waals surface area (Å²) in [5, 5.41) is 5.99. The van der Waals surface area contributed by atoms with Crippen molar-refractivity contribution >= 4 is 35.8 Å². The first-order valence-corrected chi connectivity index (χ1v) is 8.51. The molecule has 0 aliphatic carbocycles. The number of benzene rings is 1. The highest BCUT2D eigenvalue weighted by Crippen LogP contribution is 2.13. The van der Waals surface area contributed by atoms with E-state index >= 15 is 0 Å². The minimum absolute atomic E-state index is 0. The average Bonchev–Trinajstić information content (AvgIpc) is 3.14. The summed E-state index contributed by atoms with van der Waals surface area (Å²) in [7, 11) is 5.33. The maximum Gasteiger partial charge on any atom is 0.239 e. The minimum Gasteiger partial charge on any atom is -0.497 e. The van der Waals surface area contributed by atoms with Gasteiger partial charge in [0.1, 0.15) is 5.75 Å². The van der Waals surface area contributed by atoms with Crippen LogP contribution in [0, 0.1) is 5.92 Å². The summed E-state index contributed by atoms with van der Waals surface area (Å²) in [6, 6.07) is 7.62. The number of ether oxygens (including phenoxy) is 2. The van der Waals surface area contributed by atoms with Crippen molar-refractivity contribution in [3.63, 3.8) is 0 Å². The van der Waals surface area contributed by atoms with Crippen LogP contribution in [-0.4, -0.2) is 64.3 Å². The van der Waals surface area contributed by atoms with Crippen LogP contribution < -0.4 is 15.4 Å². The quantitative estimate of drug-likeness (QED) is 0.354. The molecule has 1 aliphatic heterocycles.